The van der Waals surface area contributed by atoms with Gasteiger partial charge < -0.3 is 11.1 Å². The smallest absolute Gasteiger partial charge is 0.0375 e. The van der Waals surface area contributed by atoms with Crippen LogP contribution in [0.2, 0.25) is 0 Å². The van der Waals surface area contributed by atoms with Crippen LogP contribution in [0.4, 0.5) is 11.4 Å². The summed E-state index contributed by atoms with van der Waals surface area (Å²) in [5, 5.41) is 3.47. The van der Waals surface area contributed by atoms with E-state index in [-0.39, 0.29) is 0 Å². The van der Waals surface area contributed by atoms with Crippen LogP contribution in [-0.4, -0.2) is 6.54 Å². The molecule has 2 aromatic carbocycles. The van der Waals surface area contributed by atoms with Crippen LogP contribution in [0.15, 0.2) is 36.4 Å². The first-order valence-electron chi connectivity index (χ1n) is 7.45. The second kappa shape index (κ2) is 6.47. The Morgan fingerprint density at radius 1 is 0.850 bits per heavy atom. The van der Waals surface area contributed by atoms with E-state index < -0.39 is 0 Å². The molecule has 0 saturated carbocycles. The van der Waals surface area contributed by atoms with Crippen molar-refractivity contribution >= 4 is 11.4 Å². The van der Waals surface area contributed by atoms with Crippen molar-refractivity contribution in [2.75, 3.05) is 17.6 Å². The van der Waals surface area contributed by atoms with Gasteiger partial charge in [-0.05, 0) is 60.2 Å². The van der Waals surface area contributed by atoms with Crippen molar-refractivity contribution in [2.24, 2.45) is 0 Å². The molecule has 0 unspecified atom stereocenters. The van der Waals surface area contributed by atoms with Gasteiger partial charge in [0, 0.05) is 17.9 Å². The van der Waals surface area contributed by atoms with Crippen LogP contribution in [0, 0.1) is 0 Å². The number of nitrogens with one attached hydrogen (secondary N) is 1. The first-order valence-corrected chi connectivity index (χ1v) is 7.45. The third-order valence-electron chi connectivity index (χ3n) is 3.73. The molecule has 2 rings (SSSR count). The summed E-state index contributed by atoms with van der Waals surface area (Å²) in [6.45, 7) is 7.55. The molecule has 2 nitrogen and oxygen atoms in total. The standard InChI is InChI=1S/C18H24N2/c1-4-15-16(5-2)18(20-6-3)12-11-17(15)13-7-9-14(19)10-8-13/h7-12,20H,4-6,19H2,1-3H3. The fourth-order valence-corrected chi connectivity index (χ4v) is 2.79. The molecule has 2 aromatic rings. The van der Waals surface area contributed by atoms with Crippen LogP contribution < -0.4 is 11.1 Å². The van der Waals surface area contributed by atoms with Gasteiger partial charge in [0.15, 0.2) is 0 Å². The van der Waals surface area contributed by atoms with Crippen molar-refractivity contribution in [3.63, 3.8) is 0 Å². The van der Waals surface area contributed by atoms with Gasteiger partial charge in [0.25, 0.3) is 0 Å². The lowest BCUT2D eigenvalue weighted by Gasteiger charge is -2.18. The molecule has 0 heterocycles. The molecule has 0 fully saturated rings. The quantitative estimate of drug-likeness (QED) is 0.784. The van der Waals surface area contributed by atoms with Gasteiger partial charge in [-0.1, -0.05) is 32.0 Å². The molecule has 0 aliphatic carbocycles. The summed E-state index contributed by atoms with van der Waals surface area (Å²) in [5.41, 5.74) is 13.3. The molecule has 3 N–H and O–H groups in total. The SMILES string of the molecule is CCNc1ccc(-c2ccc(N)cc2)c(CC)c1CC. The zero-order valence-electron chi connectivity index (χ0n) is 12.7. The van der Waals surface area contributed by atoms with E-state index in [1.165, 1.54) is 27.9 Å². The van der Waals surface area contributed by atoms with E-state index in [1.54, 1.807) is 0 Å². The van der Waals surface area contributed by atoms with Gasteiger partial charge in [-0.3, -0.25) is 0 Å². The summed E-state index contributed by atoms with van der Waals surface area (Å²) < 4.78 is 0. The first-order chi connectivity index (χ1) is 9.71. The molecule has 0 atom stereocenters. The van der Waals surface area contributed by atoms with E-state index in [9.17, 15) is 0 Å². The molecule has 0 aromatic heterocycles. The van der Waals surface area contributed by atoms with Crippen molar-refractivity contribution in [3.8, 4) is 11.1 Å². The molecule has 106 valence electrons. The average Bonchev–Trinajstić information content (AvgIpc) is 2.48. The van der Waals surface area contributed by atoms with Crippen LogP contribution >= 0.6 is 0 Å². The van der Waals surface area contributed by atoms with Crippen LogP contribution in [0.3, 0.4) is 0 Å². The molecule has 0 spiro atoms. The van der Waals surface area contributed by atoms with E-state index in [4.69, 9.17) is 5.73 Å². The van der Waals surface area contributed by atoms with Gasteiger partial charge in [0.05, 0.1) is 0 Å². The molecule has 0 aliphatic rings. The van der Waals surface area contributed by atoms with Crippen molar-refractivity contribution in [1.82, 2.24) is 0 Å². The lowest BCUT2D eigenvalue weighted by Crippen LogP contribution is -2.04. The van der Waals surface area contributed by atoms with Gasteiger partial charge in [-0.15, -0.1) is 0 Å². The second-order valence-corrected chi connectivity index (χ2v) is 4.98. The Labute approximate surface area is 122 Å². The molecule has 0 amide bonds. The van der Waals surface area contributed by atoms with Crippen LogP contribution in [-0.2, 0) is 12.8 Å². The van der Waals surface area contributed by atoms with E-state index in [2.05, 4.69) is 50.4 Å². The molecule has 0 saturated heterocycles. The maximum atomic E-state index is 5.79. The lowest BCUT2D eigenvalue weighted by molar-refractivity contribution is 1.03. The Bertz CT molecular complexity index is 571. The maximum Gasteiger partial charge on any atom is 0.0375 e. The largest absolute Gasteiger partial charge is 0.399 e. The highest BCUT2D eigenvalue weighted by Gasteiger charge is 2.11. The Kier molecular flexibility index (Phi) is 4.67. The minimum absolute atomic E-state index is 0.812. The zero-order valence-corrected chi connectivity index (χ0v) is 12.7. The van der Waals surface area contributed by atoms with Gasteiger partial charge in [-0.25, -0.2) is 0 Å². The fourth-order valence-electron chi connectivity index (χ4n) is 2.79. The van der Waals surface area contributed by atoms with Gasteiger partial charge >= 0.3 is 0 Å². The normalized spacial score (nSPS) is 10.6. The lowest BCUT2D eigenvalue weighted by atomic mass is 9.91. The monoisotopic (exact) mass is 268 g/mol. The Morgan fingerprint density at radius 2 is 1.50 bits per heavy atom. The highest BCUT2D eigenvalue weighted by molar-refractivity contribution is 5.74. The summed E-state index contributed by atoms with van der Waals surface area (Å²) in [7, 11) is 0. The minimum atomic E-state index is 0.812. The molecular weight excluding hydrogens is 244 g/mol. The minimum Gasteiger partial charge on any atom is -0.399 e. The van der Waals surface area contributed by atoms with Crippen molar-refractivity contribution in [3.05, 3.63) is 47.5 Å². The average molecular weight is 268 g/mol. The summed E-state index contributed by atoms with van der Waals surface area (Å²) in [6.07, 6.45) is 2.09. The molecule has 0 aliphatic heterocycles. The predicted molar refractivity (Wildman–Crippen MR) is 89.2 cm³/mol. The molecular formula is C18H24N2. The molecule has 2 heteroatoms. The maximum absolute atomic E-state index is 5.79. The number of nitrogens with two attached hydrogens (primary N) is 1. The summed E-state index contributed by atoms with van der Waals surface area (Å²) in [5.74, 6) is 0. The highest BCUT2D eigenvalue weighted by Crippen LogP contribution is 2.32. The number of benzene rings is 2. The van der Waals surface area contributed by atoms with Crippen molar-refractivity contribution < 1.29 is 0 Å². The van der Waals surface area contributed by atoms with Crippen LogP contribution in [0.5, 0.6) is 0 Å². The number of hydrogen-bond acceptors (Lipinski definition) is 2. The van der Waals surface area contributed by atoms with Crippen molar-refractivity contribution in [1.29, 1.82) is 0 Å². The summed E-state index contributed by atoms with van der Waals surface area (Å²) >= 11 is 0. The third kappa shape index (κ3) is 2.79. The predicted octanol–water partition coefficient (Wildman–Crippen LogP) is 4.49. The highest BCUT2D eigenvalue weighted by atomic mass is 14.9. The Hall–Kier alpha value is -1.96. The van der Waals surface area contributed by atoms with E-state index in [1.807, 2.05) is 12.1 Å². The van der Waals surface area contributed by atoms with Crippen molar-refractivity contribution in [2.45, 2.75) is 33.6 Å². The van der Waals surface area contributed by atoms with Crippen LogP contribution in [0.1, 0.15) is 31.9 Å². The van der Waals surface area contributed by atoms with E-state index in [0.29, 0.717) is 0 Å². The molecule has 20 heavy (non-hydrogen) atoms. The van der Waals surface area contributed by atoms with Gasteiger partial charge in [0.1, 0.15) is 0 Å². The molecule has 0 radical (unpaired) electrons. The third-order valence-corrected chi connectivity index (χ3v) is 3.73. The number of nitrogen functional groups attached to an aromatic ring is 1. The number of rotatable bonds is 5. The topological polar surface area (TPSA) is 38.0 Å². The van der Waals surface area contributed by atoms with Gasteiger partial charge in [0.2, 0.25) is 0 Å². The van der Waals surface area contributed by atoms with Crippen LogP contribution in [0.25, 0.3) is 11.1 Å². The summed E-state index contributed by atoms with van der Waals surface area (Å²) in [4.78, 5) is 0. The Morgan fingerprint density at radius 3 is 2.05 bits per heavy atom. The number of hydrogen-bond donors (Lipinski definition) is 2. The second-order valence-electron chi connectivity index (χ2n) is 4.98. The number of anilines is 2. The zero-order chi connectivity index (χ0) is 14.5. The molecule has 0 bridgehead atoms. The Balaban J connectivity index is 2.56. The fraction of sp³-hybridized carbons (Fsp3) is 0.333. The first kappa shape index (κ1) is 14.4. The van der Waals surface area contributed by atoms with E-state index in [0.717, 1.165) is 25.1 Å². The summed E-state index contributed by atoms with van der Waals surface area (Å²) in [6, 6.07) is 12.6. The van der Waals surface area contributed by atoms with E-state index >= 15 is 0 Å². The van der Waals surface area contributed by atoms with Gasteiger partial charge in [-0.2, -0.15) is 0 Å².